The van der Waals surface area contributed by atoms with Gasteiger partial charge < -0.3 is 9.47 Å². The van der Waals surface area contributed by atoms with Gasteiger partial charge in [-0.3, -0.25) is 19.9 Å². The largest absolute Gasteiger partial charge is 0.493 e. The molecule has 1 N–H and O–H groups in total. The second-order valence-electron chi connectivity index (χ2n) is 5.56. The van der Waals surface area contributed by atoms with E-state index in [9.17, 15) is 14.9 Å². The summed E-state index contributed by atoms with van der Waals surface area (Å²) >= 11 is 0. The molecular weight excluding hydrogens is 378 g/mol. The Morgan fingerprint density at radius 2 is 2.07 bits per heavy atom. The zero-order chi connectivity index (χ0) is 20.6. The van der Waals surface area contributed by atoms with Crippen LogP contribution in [0, 0.1) is 10.1 Å². The standard InChI is InChI=1S/C19H15N5O5/c1-28-17-9-13(10-22-23-19(25)14-3-2-8-20-11-14)4-6-16(17)29-18-7-5-15(12-21-18)24(26)27/h2-12H,1H3,(H,23,25)/b22-10-. The topological polar surface area (TPSA) is 129 Å². The minimum absolute atomic E-state index is 0.135. The molecule has 0 fully saturated rings. The van der Waals surface area contributed by atoms with E-state index < -0.39 is 4.92 Å². The van der Waals surface area contributed by atoms with E-state index >= 15 is 0 Å². The summed E-state index contributed by atoms with van der Waals surface area (Å²) in [6.07, 6.45) is 5.56. The van der Waals surface area contributed by atoms with Gasteiger partial charge in [0.25, 0.3) is 11.6 Å². The van der Waals surface area contributed by atoms with Crippen LogP contribution in [0.4, 0.5) is 5.69 Å². The number of hydrogen-bond acceptors (Lipinski definition) is 8. The molecule has 3 rings (SSSR count). The minimum atomic E-state index is -0.543. The first-order valence-corrected chi connectivity index (χ1v) is 8.26. The number of carbonyl (C=O) groups is 1. The number of pyridine rings is 2. The number of benzene rings is 1. The molecule has 0 aliphatic rings. The highest BCUT2D eigenvalue weighted by atomic mass is 16.6. The van der Waals surface area contributed by atoms with E-state index in [0.29, 0.717) is 22.6 Å². The lowest BCUT2D eigenvalue weighted by Gasteiger charge is -2.10. The van der Waals surface area contributed by atoms with Crippen molar-refractivity contribution in [2.24, 2.45) is 5.10 Å². The van der Waals surface area contributed by atoms with Crippen molar-refractivity contribution in [2.75, 3.05) is 7.11 Å². The SMILES string of the molecule is COc1cc(/C=N\NC(=O)c2cccnc2)ccc1Oc1ccc([N+](=O)[O-])cn1. The van der Waals surface area contributed by atoms with Crippen LogP contribution >= 0.6 is 0 Å². The molecule has 0 saturated heterocycles. The maximum atomic E-state index is 11.9. The second kappa shape index (κ2) is 9.04. The van der Waals surface area contributed by atoms with Crippen LogP contribution in [0.25, 0.3) is 0 Å². The second-order valence-corrected chi connectivity index (χ2v) is 5.56. The highest BCUT2D eigenvalue weighted by Gasteiger charge is 2.10. The van der Waals surface area contributed by atoms with Crippen LogP contribution in [-0.4, -0.2) is 34.1 Å². The van der Waals surface area contributed by atoms with Crippen LogP contribution in [-0.2, 0) is 0 Å². The Balaban J connectivity index is 1.68. The maximum absolute atomic E-state index is 11.9. The third-order valence-electron chi connectivity index (χ3n) is 3.64. The van der Waals surface area contributed by atoms with E-state index in [0.717, 1.165) is 6.20 Å². The first-order chi connectivity index (χ1) is 14.1. The van der Waals surface area contributed by atoms with E-state index in [4.69, 9.17) is 9.47 Å². The molecule has 0 spiro atoms. The summed E-state index contributed by atoms with van der Waals surface area (Å²) in [6, 6.07) is 10.9. The van der Waals surface area contributed by atoms with Crippen LogP contribution in [0.2, 0.25) is 0 Å². The number of hydrazone groups is 1. The quantitative estimate of drug-likeness (QED) is 0.371. The van der Waals surface area contributed by atoms with E-state index in [1.807, 2.05) is 0 Å². The van der Waals surface area contributed by atoms with Gasteiger partial charge in [-0.2, -0.15) is 5.10 Å². The number of nitrogens with one attached hydrogen (secondary N) is 1. The lowest BCUT2D eigenvalue weighted by atomic mass is 10.2. The summed E-state index contributed by atoms with van der Waals surface area (Å²) in [5, 5.41) is 14.6. The Morgan fingerprint density at radius 1 is 1.21 bits per heavy atom. The zero-order valence-electron chi connectivity index (χ0n) is 15.2. The number of hydrogen-bond donors (Lipinski definition) is 1. The number of amides is 1. The van der Waals surface area contributed by atoms with Crippen LogP contribution < -0.4 is 14.9 Å². The van der Waals surface area contributed by atoms with Gasteiger partial charge in [0.2, 0.25) is 5.88 Å². The van der Waals surface area contributed by atoms with E-state index in [-0.39, 0.29) is 17.5 Å². The van der Waals surface area contributed by atoms with Gasteiger partial charge in [-0.15, -0.1) is 0 Å². The minimum Gasteiger partial charge on any atom is -0.493 e. The summed E-state index contributed by atoms with van der Waals surface area (Å²) in [4.78, 5) is 29.8. The van der Waals surface area contributed by atoms with Crippen LogP contribution in [0.1, 0.15) is 15.9 Å². The third kappa shape index (κ3) is 5.10. The third-order valence-corrected chi connectivity index (χ3v) is 3.64. The predicted molar refractivity (Wildman–Crippen MR) is 103 cm³/mol. The smallest absolute Gasteiger partial charge is 0.287 e. The first-order valence-electron chi connectivity index (χ1n) is 8.26. The molecule has 0 aliphatic carbocycles. The van der Waals surface area contributed by atoms with E-state index in [1.54, 1.807) is 36.5 Å². The van der Waals surface area contributed by atoms with Crippen LogP contribution in [0.15, 0.2) is 66.2 Å². The van der Waals surface area contributed by atoms with Crippen LogP contribution in [0.3, 0.4) is 0 Å². The molecule has 2 aromatic heterocycles. The molecule has 1 amide bonds. The maximum Gasteiger partial charge on any atom is 0.287 e. The normalized spacial score (nSPS) is 10.5. The Bertz CT molecular complexity index is 1040. The van der Waals surface area contributed by atoms with Crippen molar-refractivity contribution in [3.63, 3.8) is 0 Å². The highest BCUT2D eigenvalue weighted by Crippen LogP contribution is 2.31. The van der Waals surface area contributed by atoms with Crippen molar-refractivity contribution >= 4 is 17.8 Å². The van der Waals surface area contributed by atoms with Gasteiger partial charge in [0.1, 0.15) is 6.20 Å². The lowest BCUT2D eigenvalue weighted by Crippen LogP contribution is -2.17. The molecule has 10 heteroatoms. The first kappa shape index (κ1) is 19.4. The van der Waals surface area contributed by atoms with E-state index in [2.05, 4.69) is 20.5 Å². The molecule has 2 heterocycles. The van der Waals surface area contributed by atoms with Gasteiger partial charge in [0.15, 0.2) is 11.5 Å². The summed E-state index contributed by atoms with van der Waals surface area (Å²) in [5.74, 6) is 0.558. The number of carbonyl (C=O) groups excluding carboxylic acids is 1. The predicted octanol–water partition coefficient (Wildman–Crippen LogP) is 2.95. The molecule has 29 heavy (non-hydrogen) atoms. The average molecular weight is 393 g/mol. The summed E-state index contributed by atoms with van der Waals surface area (Å²) in [5.41, 5.74) is 3.31. The fourth-order valence-corrected chi connectivity index (χ4v) is 2.23. The zero-order valence-corrected chi connectivity index (χ0v) is 15.2. The molecule has 3 aromatic rings. The Morgan fingerprint density at radius 3 is 2.72 bits per heavy atom. The monoisotopic (exact) mass is 393 g/mol. The van der Waals surface area contributed by atoms with Gasteiger partial charge in [0.05, 0.1) is 23.8 Å². The number of rotatable bonds is 7. The molecule has 0 bridgehead atoms. The summed E-state index contributed by atoms with van der Waals surface area (Å²) in [7, 11) is 1.47. The van der Waals surface area contributed by atoms with Gasteiger partial charge >= 0.3 is 0 Å². The van der Waals surface area contributed by atoms with Crippen molar-refractivity contribution < 1.29 is 19.2 Å². The van der Waals surface area contributed by atoms with Crippen molar-refractivity contribution in [3.05, 3.63) is 82.3 Å². The molecule has 146 valence electrons. The Hall–Kier alpha value is -4.34. The number of nitrogens with zero attached hydrogens (tertiary/aromatic N) is 4. The Labute approximate surface area is 165 Å². The molecule has 0 saturated carbocycles. The van der Waals surface area contributed by atoms with Crippen LogP contribution in [0.5, 0.6) is 17.4 Å². The van der Waals surface area contributed by atoms with Gasteiger partial charge in [-0.1, -0.05) is 0 Å². The number of nitro groups is 1. The van der Waals surface area contributed by atoms with Crippen molar-refractivity contribution in [1.29, 1.82) is 0 Å². The summed E-state index contributed by atoms with van der Waals surface area (Å²) < 4.78 is 10.9. The molecule has 0 aliphatic heterocycles. The average Bonchev–Trinajstić information content (AvgIpc) is 2.75. The Kier molecular flexibility index (Phi) is 6.05. The van der Waals surface area contributed by atoms with E-state index in [1.165, 1.54) is 31.7 Å². The summed E-state index contributed by atoms with van der Waals surface area (Å²) in [6.45, 7) is 0. The lowest BCUT2D eigenvalue weighted by molar-refractivity contribution is -0.385. The fourth-order valence-electron chi connectivity index (χ4n) is 2.23. The molecule has 0 atom stereocenters. The number of ether oxygens (including phenoxy) is 2. The molecular formula is C19H15N5O5. The van der Waals surface area contributed by atoms with Crippen molar-refractivity contribution in [3.8, 4) is 17.4 Å². The van der Waals surface area contributed by atoms with Gasteiger partial charge in [0, 0.05) is 24.5 Å². The van der Waals surface area contributed by atoms with Crippen molar-refractivity contribution in [1.82, 2.24) is 15.4 Å². The number of methoxy groups -OCH3 is 1. The fraction of sp³-hybridized carbons (Fsp3) is 0.0526. The van der Waals surface area contributed by atoms with Gasteiger partial charge in [-0.25, -0.2) is 10.4 Å². The number of aromatic nitrogens is 2. The molecule has 1 aromatic carbocycles. The van der Waals surface area contributed by atoms with Crippen molar-refractivity contribution in [2.45, 2.75) is 0 Å². The molecule has 10 nitrogen and oxygen atoms in total. The highest BCUT2D eigenvalue weighted by molar-refractivity contribution is 5.94. The van der Waals surface area contributed by atoms with Gasteiger partial charge in [-0.05, 0) is 35.9 Å². The molecule has 0 unspecified atom stereocenters. The molecule has 0 radical (unpaired) electrons.